The third-order valence-corrected chi connectivity index (χ3v) is 5.72. The molecule has 10 heteroatoms. The lowest BCUT2D eigenvalue weighted by Crippen LogP contribution is -2.40. The molecule has 0 radical (unpaired) electrons. The van der Waals surface area contributed by atoms with Gasteiger partial charge in [0.1, 0.15) is 12.8 Å². The Morgan fingerprint density at radius 3 is 2.73 bits per heavy atom. The predicted molar refractivity (Wildman–Crippen MR) is 91.2 cm³/mol. The first-order valence-electron chi connectivity index (χ1n) is 7.87. The summed E-state index contributed by atoms with van der Waals surface area (Å²) in [5.41, 5.74) is 0.581. The van der Waals surface area contributed by atoms with E-state index in [1.807, 2.05) is 0 Å². The summed E-state index contributed by atoms with van der Waals surface area (Å²) in [6.07, 6.45) is 1.31. The summed E-state index contributed by atoms with van der Waals surface area (Å²) in [6.45, 7) is 1.34. The van der Waals surface area contributed by atoms with Crippen LogP contribution in [0.3, 0.4) is 0 Å². The zero-order valence-corrected chi connectivity index (χ0v) is 14.6. The van der Waals surface area contributed by atoms with Crippen molar-refractivity contribution in [2.75, 3.05) is 26.3 Å². The molecule has 0 amide bonds. The number of rotatable bonds is 6. The molecule has 1 saturated heterocycles. The quantitative estimate of drug-likeness (QED) is 0.553. The lowest BCUT2D eigenvalue weighted by molar-refractivity contribution is -0.390. The van der Waals surface area contributed by atoms with Gasteiger partial charge in [0.15, 0.2) is 0 Å². The number of nitro groups is 1. The van der Waals surface area contributed by atoms with Crippen LogP contribution in [0.2, 0.25) is 0 Å². The highest BCUT2D eigenvalue weighted by Gasteiger charge is 2.26. The van der Waals surface area contributed by atoms with Gasteiger partial charge in [0.05, 0.1) is 18.1 Å². The van der Waals surface area contributed by atoms with Crippen molar-refractivity contribution in [3.8, 4) is 5.75 Å². The largest absolute Gasteiger partial charge is 0.481 e. The molecule has 1 aliphatic rings. The van der Waals surface area contributed by atoms with E-state index in [2.05, 4.69) is 4.98 Å². The van der Waals surface area contributed by atoms with Gasteiger partial charge in [0.2, 0.25) is 15.8 Å². The Hall–Kier alpha value is -2.56. The topological polar surface area (TPSA) is 112 Å². The molecule has 2 heterocycles. The van der Waals surface area contributed by atoms with Crippen molar-refractivity contribution in [1.29, 1.82) is 0 Å². The fourth-order valence-electron chi connectivity index (χ4n) is 2.52. The molecule has 0 bridgehead atoms. The van der Waals surface area contributed by atoms with Crippen LogP contribution >= 0.6 is 0 Å². The summed E-state index contributed by atoms with van der Waals surface area (Å²) in [7, 11) is -3.61. The summed E-state index contributed by atoms with van der Waals surface area (Å²) in [5, 5.41) is 11.0. The first-order chi connectivity index (χ1) is 12.5. The van der Waals surface area contributed by atoms with Crippen LogP contribution in [0.15, 0.2) is 47.5 Å². The first-order valence-corrected chi connectivity index (χ1v) is 9.31. The van der Waals surface area contributed by atoms with Gasteiger partial charge in [-0.15, -0.1) is 0 Å². The van der Waals surface area contributed by atoms with Gasteiger partial charge < -0.3 is 19.6 Å². The lowest BCUT2D eigenvalue weighted by atomic mass is 10.2. The lowest BCUT2D eigenvalue weighted by Gasteiger charge is -2.26. The molecule has 9 nitrogen and oxygen atoms in total. The fraction of sp³-hybridized carbons (Fsp3) is 0.312. The van der Waals surface area contributed by atoms with E-state index in [0.717, 1.165) is 0 Å². The van der Waals surface area contributed by atoms with Gasteiger partial charge in [-0.1, -0.05) is 12.1 Å². The maximum atomic E-state index is 12.7. The van der Waals surface area contributed by atoms with Gasteiger partial charge >= 0.3 is 5.82 Å². The number of morpholine rings is 1. The fourth-order valence-corrected chi connectivity index (χ4v) is 4.00. The second kappa shape index (κ2) is 7.77. The molecule has 0 aliphatic carbocycles. The molecule has 1 aromatic heterocycles. The molecule has 2 aromatic rings. The Bertz CT molecular complexity index is 896. The number of aromatic nitrogens is 1. The van der Waals surface area contributed by atoms with Crippen LogP contribution in [0.1, 0.15) is 5.56 Å². The van der Waals surface area contributed by atoms with E-state index in [0.29, 0.717) is 31.9 Å². The third-order valence-electron chi connectivity index (χ3n) is 3.82. The maximum absolute atomic E-state index is 12.7. The number of sulfonamides is 1. The predicted octanol–water partition coefficient (Wildman–Crippen LogP) is 1.59. The molecular formula is C16H17N3O6S. The maximum Gasteiger partial charge on any atom is 0.406 e. The SMILES string of the molecule is O=[N+]([O-])c1ncccc1OCc1cccc(S(=O)(=O)N2CCOCC2)c1. The zero-order chi connectivity index (χ0) is 18.6. The van der Waals surface area contributed by atoms with Gasteiger partial charge in [-0.25, -0.2) is 8.42 Å². The van der Waals surface area contributed by atoms with E-state index in [4.69, 9.17) is 9.47 Å². The molecule has 1 aliphatic heterocycles. The third kappa shape index (κ3) is 3.98. The van der Waals surface area contributed by atoms with Gasteiger partial charge in [-0.3, -0.25) is 0 Å². The second-order valence-corrected chi connectivity index (χ2v) is 7.47. The molecular weight excluding hydrogens is 362 g/mol. The molecule has 0 spiro atoms. The van der Waals surface area contributed by atoms with Crippen LogP contribution in [0, 0.1) is 10.1 Å². The molecule has 0 atom stereocenters. The van der Waals surface area contributed by atoms with E-state index in [-0.39, 0.29) is 23.1 Å². The van der Waals surface area contributed by atoms with Gasteiger partial charge in [-0.05, 0) is 39.7 Å². The average Bonchev–Trinajstić information content (AvgIpc) is 2.67. The average molecular weight is 379 g/mol. The van der Waals surface area contributed by atoms with Crippen LogP contribution in [-0.2, 0) is 21.4 Å². The summed E-state index contributed by atoms with van der Waals surface area (Å²) in [5.74, 6) is -0.358. The highest BCUT2D eigenvalue weighted by Crippen LogP contribution is 2.25. The van der Waals surface area contributed by atoms with Crippen LogP contribution in [0.4, 0.5) is 5.82 Å². The normalized spacial score (nSPS) is 15.5. The Balaban J connectivity index is 1.77. The number of hydrogen-bond acceptors (Lipinski definition) is 7. The van der Waals surface area contributed by atoms with Gasteiger partial charge in [0, 0.05) is 13.1 Å². The number of benzene rings is 1. The Morgan fingerprint density at radius 1 is 1.23 bits per heavy atom. The van der Waals surface area contributed by atoms with Crippen molar-refractivity contribution in [3.63, 3.8) is 0 Å². The highest BCUT2D eigenvalue weighted by atomic mass is 32.2. The summed E-state index contributed by atoms with van der Waals surface area (Å²) >= 11 is 0. The van der Waals surface area contributed by atoms with Crippen LogP contribution < -0.4 is 4.74 Å². The van der Waals surface area contributed by atoms with Crippen LogP contribution in [-0.4, -0.2) is 48.9 Å². The minimum Gasteiger partial charge on any atom is -0.481 e. The molecule has 138 valence electrons. The standard InChI is InChI=1S/C16H17N3O6S/c20-19(21)16-15(5-2-6-17-16)25-12-13-3-1-4-14(11-13)26(22,23)18-7-9-24-10-8-18/h1-6,11H,7-10,12H2. The Labute approximate surface area is 150 Å². The van der Waals surface area contributed by atoms with E-state index >= 15 is 0 Å². The molecule has 26 heavy (non-hydrogen) atoms. The minimum atomic E-state index is -3.61. The van der Waals surface area contributed by atoms with Crippen molar-refractivity contribution in [2.45, 2.75) is 11.5 Å². The van der Waals surface area contributed by atoms with Crippen molar-refractivity contribution >= 4 is 15.8 Å². The molecule has 1 aromatic carbocycles. The van der Waals surface area contributed by atoms with Crippen molar-refractivity contribution in [2.24, 2.45) is 0 Å². The first kappa shape index (κ1) is 18.2. The summed E-state index contributed by atoms with van der Waals surface area (Å²) in [4.78, 5) is 14.2. The van der Waals surface area contributed by atoms with E-state index in [1.165, 1.54) is 34.8 Å². The number of pyridine rings is 1. The number of ether oxygens (including phenoxy) is 2. The smallest absolute Gasteiger partial charge is 0.406 e. The Kier molecular flexibility index (Phi) is 5.45. The van der Waals surface area contributed by atoms with E-state index in [1.54, 1.807) is 12.1 Å². The zero-order valence-electron chi connectivity index (χ0n) is 13.8. The van der Waals surface area contributed by atoms with Crippen LogP contribution in [0.25, 0.3) is 0 Å². The number of hydrogen-bond donors (Lipinski definition) is 0. The number of nitrogens with zero attached hydrogens (tertiary/aromatic N) is 3. The second-order valence-electron chi connectivity index (χ2n) is 5.53. The molecule has 0 N–H and O–H groups in total. The summed E-state index contributed by atoms with van der Waals surface area (Å²) in [6, 6.07) is 9.30. The molecule has 0 unspecified atom stereocenters. The van der Waals surface area contributed by atoms with Crippen molar-refractivity contribution < 1.29 is 22.8 Å². The van der Waals surface area contributed by atoms with Crippen molar-refractivity contribution in [1.82, 2.24) is 9.29 Å². The van der Waals surface area contributed by atoms with Gasteiger partial charge in [-0.2, -0.15) is 4.31 Å². The molecule has 0 saturated carbocycles. The highest BCUT2D eigenvalue weighted by molar-refractivity contribution is 7.89. The minimum absolute atomic E-state index is 0.0149. The van der Waals surface area contributed by atoms with Crippen LogP contribution in [0.5, 0.6) is 5.75 Å². The summed E-state index contributed by atoms with van der Waals surface area (Å²) < 4.78 is 37.4. The molecule has 1 fully saturated rings. The monoisotopic (exact) mass is 379 g/mol. The van der Waals surface area contributed by atoms with E-state index in [9.17, 15) is 18.5 Å². The molecule has 3 rings (SSSR count). The van der Waals surface area contributed by atoms with E-state index < -0.39 is 14.9 Å². The Morgan fingerprint density at radius 2 is 2.00 bits per heavy atom. The van der Waals surface area contributed by atoms with Gasteiger partial charge in [0.25, 0.3) is 0 Å². The van der Waals surface area contributed by atoms with Crippen molar-refractivity contribution in [3.05, 3.63) is 58.3 Å².